The lowest BCUT2D eigenvalue weighted by atomic mass is 9.90. The molecular formula is C24H42F3N5O2. The van der Waals surface area contributed by atoms with Gasteiger partial charge >= 0.3 is 6.18 Å². The van der Waals surface area contributed by atoms with Gasteiger partial charge in [0.25, 0.3) is 0 Å². The Bertz CT molecular complexity index is 647. The average molecular weight is 490 g/mol. The van der Waals surface area contributed by atoms with Gasteiger partial charge in [-0.1, -0.05) is 12.8 Å². The Balaban J connectivity index is 1.23. The summed E-state index contributed by atoms with van der Waals surface area (Å²) in [5.74, 6) is -0.716. The lowest BCUT2D eigenvalue weighted by Crippen LogP contribution is -2.53. The second kappa shape index (κ2) is 13.1. The number of hydrogen-bond acceptors (Lipinski definition) is 5. The molecule has 4 unspecified atom stereocenters. The van der Waals surface area contributed by atoms with Gasteiger partial charge in [-0.3, -0.25) is 9.59 Å². The van der Waals surface area contributed by atoms with E-state index in [1.165, 1.54) is 0 Å². The number of nitrogens with one attached hydrogen (secondary N) is 4. The Morgan fingerprint density at radius 2 is 1.68 bits per heavy atom. The van der Waals surface area contributed by atoms with Crippen LogP contribution >= 0.6 is 0 Å². The van der Waals surface area contributed by atoms with E-state index in [2.05, 4.69) is 21.3 Å². The zero-order valence-corrected chi connectivity index (χ0v) is 20.4. The zero-order chi connectivity index (χ0) is 24.6. The number of hydrogen-bond donors (Lipinski definition) is 4. The summed E-state index contributed by atoms with van der Waals surface area (Å²) in [7, 11) is 1.94. The van der Waals surface area contributed by atoms with Crippen molar-refractivity contribution in [3.05, 3.63) is 0 Å². The molecule has 0 saturated carbocycles. The number of likely N-dealkylation sites (tertiary alicyclic amines) is 1. The molecule has 3 aliphatic heterocycles. The van der Waals surface area contributed by atoms with Crippen LogP contribution in [-0.4, -0.2) is 80.8 Å². The summed E-state index contributed by atoms with van der Waals surface area (Å²) in [4.78, 5) is 26.9. The van der Waals surface area contributed by atoms with E-state index in [1.54, 1.807) is 0 Å². The van der Waals surface area contributed by atoms with Crippen molar-refractivity contribution in [3.63, 3.8) is 0 Å². The first-order valence-corrected chi connectivity index (χ1v) is 13.0. The molecule has 0 aromatic heterocycles. The summed E-state index contributed by atoms with van der Waals surface area (Å²) in [6, 6.07) is -0.125. The van der Waals surface area contributed by atoms with Gasteiger partial charge in [-0.15, -0.1) is 0 Å². The number of carbonyl (C=O) groups excluding carboxylic acids is 2. The van der Waals surface area contributed by atoms with Gasteiger partial charge in [-0.25, -0.2) is 0 Å². The topological polar surface area (TPSA) is 85.5 Å². The van der Waals surface area contributed by atoms with Crippen LogP contribution in [0.25, 0.3) is 0 Å². The van der Waals surface area contributed by atoms with E-state index in [-0.39, 0.29) is 37.2 Å². The van der Waals surface area contributed by atoms with E-state index in [9.17, 15) is 22.8 Å². The zero-order valence-electron chi connectivity index (χ0n) is 20.4. The molecule has 3 fully saturated rings. The van der Waals surface area contributed by atoms with Crippen molar-refractivity contribution in [2.24, 2.45) is 11.8 Å². The first kappa shape index (κ1) is 27.2. The number of halogens is 3. The van der Waals surface area contributed by atoms with Crippen molar-refractivity contribution in [1.29, 1.82) is 0 Å². The second-order valence-corrected chi connectivity index (χ2v) is 10.2. The third-order valence-corrected chi connectivity index (χ3v) is 7.74. The summed E-state index contributed by atoms with van der Waals surface area (Å²) < 4.78 is 38.5. The van der Waals surface area contributed by atoms with Crippen LogP contribution in [0.4, 0.5) is 13.2 Å². The molecule has 3 aliphatic rings. The van der Waals surface area contributed by atoms with Crippen LogP contribution in [-0.2, 0) is 9.59 Å². The molecule has 2 amide bonds. The fourth-order valence-electron chi connectivity index (χ4n) is 5.47. The number of piperidine rings is 2. The van der Waals surface area contributed by atoms with Crippen LogP contribution in [0.3, 0.4) is 0 Å². The van der Waals surface area contributed by atoms with Gasteiger partial charge in [0.1, 0.15) is 0 Å². The monoisotopic (exact) mass is 489 g/mol. The van der Waals surface area contributed by atoms with E-state index in [0.29, 0.717) is 31.6 Å². The van der Waals surface area contributed by atoms with Crippen molar-refractivity contribution in [2.45, 2.75) is 88.5 Å². The fourth-order valence-corrected chi connectivity index (χ4v) is 5.47. The number of alkyl halides is 3. The Hall–Kier alpha value is -1.39. The summed E-state index contributed by atoms with van der Waals surface area (Å²) in [5.41, 5.74) is 0. The molecule has 4 atom stereocenters. The number of amides is 2. The summed E-state index contributed by atoms with van der Waals surface area (Å²) >= 11 is 0. The summed E-state index contributed by atoms with van der Waals surface area (Å²) in [6.45, 7) is 2.85. The van der Waals surface area contributed by atoms with Crippen LogP contribution in [0, 0.1) is 11.8 Å². The molecule has 34 heavy (non-hydrogen) atoms. The smallest absolute Gasteiger partial charge is 0.355 e. The number of nitrogens with zero attached hydrogens (tertiary/aromatic N) is 1. The maximum absolute atomic E-state index is 12.8. The first-order valence-electron chi connectivity index (χ1n) is 13.0. The molecule has 3 saturated heterocycles. The highest BCUT2D eigenvalue weighted by atomic mass is 19.4. The quantitative estimate of drug-likeness (QED) is 0.354. The van der Waals surface area contributed by atoms with E-state index in [1.807, 2.05) is 11.9 Å². The second-order valence-electron chi connectivity index (χ2n) is 10.2. The van der Waals surface area contributed by atoms with E-state index in [0.717, 1.165) is 57.9 Å². The van der Waals surface area contributed by atoms with Crippen molar-refractivity contribution >= 4 is 11.8 Å². The summed E-state index contributed by atoms with van der Waals surface area (Å²) in [5, 5.41) is 12.5. The molecule has 0 aliphatic carbocycles. The van der Waals surface area contributed by atoms with Gasteiger partial charge in [0.15, 0.2) is 0 Å². The molecular weight excluding hydrogens is 447 g/mol. The standard InChI is InChI=1S/C24H42F3N5O2/c1-28-13-9-19-6-8-20(31-19)22(33)29-12-3-2-4-17-10-14-32(15-11-17)23(34)21-7-5-18(16-30-21)24(25,26)27/h17-21,28,30-31H,2-16H2,1H3,(H,29,33). The maximum Gasteiger partial charge on any atom is 0.393 e. The molecule has 7 nitrogen and oxygen atoms in total. The Labute approximate surface area is 201 Å². The Morgan fingerprint density at radius 3 is 2.32 bits per heavy atom. The van der Waals surface area contributed by atoms with Crippen molar-refractivity contribution < 1.29 is 22.8 Å². The molecule has 3 heterocycles. The third-order valence-electron chi connectivity index (χ3n) is 7.74. The predicted octanol–water partition coefficient (Wildman–Crippen LogP) is 2.17. The number of carbonyl (C=O) groups is 2. The lowest BCUT2D eigenvalue weighted by molar-refractivity contribution is -0.180. The lowest BCUT2D eigenvalue weighted by Gasteiger charge is -2.37. The van der Waals surface area contributed by atoms with Crippen LogP contribution < -0.4 is 21.3 Å². The van der Waals surface area contributed by atoms with Crippen LogP contribution in [0.15, 0.2) is 0 Å². The van der Waals surface area contributed by atoms with Crippen LogP contribution in [0.2, 0.25) is 0 Å². The largest absolute Gasteiger partial charge is 0.393 e. The average Bonchev–Trinajstić information content (AvgIpc) is 3.31. The molecule has 0 spiro atoms. The fraction of sp³-hybridized carbons (Fsp3) is 0.917. The Morgan fingerprint density at radius 1 is 0.941 bits per heavy atom. The van der Waals surface area contributed by atoms with Crippen LogP contribution in [0.1, 0.15) is 64.2 Å². The molecule has 0 aromatic rings. The SMILES string of the molecule is CNCCC1CCC(C(=O)NCCCCC2CCN(C(=O)C3CCC(C(F)(F)F)CN3)CC2)N1. The van der Waals surface area contributed by atoms with Gasteiger partial charge in [-0.2, -0.15) is 13.2 Å². The summed E-state index contributed by atoms with van der Waals surface area (Å²) in [6.07, 6.45) is 4.04. The molecule has 3 rings (SSSR count). The molecule has 0 bridgehead atoms. The minimum Gasteiger partial charge on any atom is -0.355 e. The highest BCUT2D eigenvalue weighted by Crippen LogP contribution is 2.32. The molecule has 196 valence electrons. The number of rotatable bonds is 10. The number of unbranched alkanes of at least 4 members (excludes halogenated alkanes) is 1. The van der Waals surface area contributed by atoms with E-state index < -0.39 is 18.1 Å². The van der Waals surface area contributed by atoms with Gasteiger partial charge in [0.2, 0.25) is 11.8 Å². The van der Waals surface area contributed by atoms with Crippen molar-refractivity contribution in [1.82, 2.24) is 26.2 Å². The van der Waals surface area contributed by atoms with Gasteiger partial charge in [0, 0.05) is 32.2 Å². The van der Waals surface area contributed by atoms with Crippen molar-refractivity contribution in [2.75, 3.05) is 39.8 Å². The van der Waals surface area contributed by atoms with E-state index in [4.69, 9.17) is 0 Å². The maximum atomic E-state index is 12.8. The molecule has 4 N–H and O–H groups in total. The minimum absolute atomic E-state index is 0.0215. The highest BCUT2D eigenvalue weighted by Gasteiger charge is 2.43. The van der Waals surface area contributed by atoms with Crippen molar-refractivity contribution in [3.8, 4) is 0 Å². The van der Waals surface area contributed by atoms with E-state index >= 15 is 0 Å². The molecule has 10 heteroatoms. The van der Waals surface area contributed by atoms with Gasteiger partial charge in [0.05, 0.1) is 18.0 Å². The van der Waals surface area contributed by atoms with Crippen LogP contribution in [0.5, 0.6) is 0 Å². The third kappa shape index (κ3) is 8.09. The molecule has 0 radical (unpaired) electrons. The highest BCUT2D eigenvalue weighted by molar-refractivity contribution is 5.82. The first-order chi connectivity index (χ1) is 16.3. The Kier molecular flexibility index (Phi) is 10.5. The predicted molar refractivity (Wildman–Crippen MR) is 125 cm³/mol. The normalized spacial score (nSPS) is 28.8. The molecule has 0 aromatic carbocycles. The van der Waals surface area contributed by atoms with Gasteiger partial charge in [-0.05, 0) is 70.9 Å². The van der Waals surface area contributed by atoms with Gasteiger partial charge < -0.3 is 26.2 Å². The minimum atomic E-state index is -4.19.